The predicted molar refractivity (Wildman–Crippen MR) is 163 cm³/mol. The van der Waals surface area contributed by atoms with E-state index in [1.807, 2.05) is 60.7 Å². The largest absolute Gasteiger partial charge is 0.497 e. The van der Waals surface area contributed by atoms with Crippen molar-refractivity contribution in [3.63, 3.8) is 0 Å². The van der Waals surface area contributed by atoms with Crippen molar-refractivity contribution in [2.75, 3.05) is 14.2 Å². The SMILES string of the molecule is COc1ccc(OC)c(/C=C2\SC(C(C#N)=P(c3ccccc3)(c3ccccc3)c3ccccc3)=NC2=O)c1. The topological polar surface area (TPSA) is 71.7 Å². The molecule has 0 N–H and O–H groups in total. The molecule has 7 heteroatoms. The Morgan fingerprint density at radius 1 is 0.821 bits per heavy atom. The van der Waals surface area contributed by atoms with Gasteiger partial charge in [-0.25, -0.2) is 4.99 Å². The van der Waals surface area contributed by atoms with Gasteiger partial charge in [0.1, 0.15) is 22.6 Å². The van der Waals surface area contributed by atoms with Crippen LogP contribution in [-0.4, -0.2) is 30.5 Å². The number of carbonyl (C=O) groups excluding carboxylic acids is 1. The molecule has 5 rings (SSSR count). The van der Waals surface area contributed by atoms with Crippen LogP contribution < -0.4 is 25.4 Å². The lowest BCUT2D eigenvalue weighted by Gasteiger charge is -2.30. The third-order valence-corrected chi connectivity index (χ3v) is 11.8. The second-order valence-electron chi connectivity index (χ2n) is 8.58. The highest BCUT2D eigenvalue weighted by Crippen LogP contribution is 2.48. The zero-order valence-corrected chi connectivity index (χ0v) is 23.2. The van der Waals surface area contributed by atoms with Gasteiger partial charge in [0.2, 0.25) is 0 Å². The highest BCUT2D eigenvalue weighted by Gasteiger charge is 2.35. The number of thioether (sulfide) groups is 1. The molecule has 1 aliphatic heterocycles. The van der Waals surface area contributed by atoms with Gasteiger partial charge in [0, 0.05) is 5.56 Å². The van der Waals surface area contributed by atoms with E-state index in [1.54, 1.807) is 32.4 Å². The fraction of sp³-hybridized carbons (Fsp3) is 0.0625. The molecule has 0 aliphatic carbocycles. The van der Waals surface area contributed by atoms with Gasteiger partial charge >= 0.3 is 0 Å². The molecule has 0 spiro atoms. The van der Waals surface area contributed by atoms with Gasteiger partial charge in [0.15, 0.2) is 0 Å². The monoisotopic (exact) mass is 548 g/mol. The molecular formula is C32H25N2O3PS. The number of rotatable bonds is 7. The molecule has 4 aromatic carbocycles. The lowest BCUT2D eigenvalue weighted by Crippen LogP contribution is -2.32. The second kappa shape index (κ2) is 11.6. The Hall–Kier alpha value is -4.30. The summed E-state index contributed by atoms with van der Waals surface area (Å²) in [6.07, 6.45) is 1.74. The number of carbonyl (C=O) groups is 1. The molecule has 0 aromatic heterocycles. The molecule has 1 aliphatic rings. The van der Waals surface area contributed by atoms with Crippen molar-refractivity contribution in [1.82, 2.24) is 0 Å². The summed E-state index contributed by atoms with van der Waals surface area (Å²) in [6, 6.07) is 38.1. The third-order valence-electron chi connectivity index (χ3n) is 6.42. The molecule has 0 fully saturated rings. The number of nitriles is 1. The molecule has 0 saturated carbocycles. The molecule has 0 unspecified atom stereocenters. The van der Waals surface area contributed by atoms with Crippen molar-refractivity contribution < 1.29 is 14.3 Å². The number of amides is 1. The lowest BCUT2D eigenvalue weighted by atomic mass is 10.1. The summed E-state index contributed by atoms with van der Waals surface area (Å²) in [5.41, 5.74) is 0.692. The molecule has 0 bridgehead atoms. The maximum Gasteiger partial charge on any atom is 0.284 e. The molecule has 0 atom stereocenters. The van der Waals surface area contributed by atoms with E-state index in [9.17, 15) is 10.1 Å². The quantitative estimate of drug-likeness (QED) is 0.228. The van der Waals surface area contributed by atoms with Crippen molar-refractivity contribution in [3.8, 4) is 17.6 Å². The minimum absolute atomic E-state index is 0.389. The molecule has 1 heterocycles. The van der Waals surface area contributed by atoms with Crippen molar-refractivity contribution in [2.45, 2.75) is 0 Å². The maximum absolute atomic E-state index is 13.2. The van der Waals surface area contributed by atoms with Gasteiger partial charge in [-0.15, -0.1) is 0 Å². The number of hydrogen-bond acceptors (Lipinski definition) is 5. The molecule has 5 nitrogen and oxygen atoms in total. The van der Waals surface area contributed by atoms with Crippen molar-refractivity contribution in [2.24, 2.45) is 4.99 Å². The van der Waals surface area contributed by atoms with E-state index in [0.29, 0.717) is 32.3 Å². The van der Waals surface area contributed by atoms with E-state index < -0.39 is 6.89 Å². The van der Waals surface area contributed by atoms with E-state index in [2.05, 4.69) is 47.5 Å². The summed E-state index contributed by atoms with van der Waals surface area (Å²) in [4.78, 5) is 18.1. The Morgan fingerprint density at radius 3 is 1.82 bits per heavy atom. The van der Waals surface area contributed by atoms with Crippen molar-refractivity contribution in [1.29, 1.82) is 5.26 Å². The summed E-state index contributed by atoms with van der Waals surface area (Å²) in [7, 11) is 3.17. The van der Waals surface area contributed by atoms with Crippen LogP contribution in [0.4, 0.5) is 0 Å². The predicted octanol–water partition coefficient (Wildman–Crippen LogP) is 5.41. The van der Waals surface area contributed by atoms with Crippen LogP contribution in [0.5, 0.6) is 11.5 Å². The molecule has 192 valence electrons. The first-order chi connectivity index (χ1) is 19.1. The number of nitrogens with zero attached hydrogens (tertiary/aromatic N) is 2. The Morgan fingerprint density at radius 2 is 1.36 bits per heavy atom. The Bertz CT molecular complexity index is 1570. The first kappa shape index (κ1) is 26.3. The Kier molecular flexibility index (Phi) is 7.84. The van der Waals surface area contributed by atoms with Gasteiger partial charge in [-0.2, -0.15) is 5.26 Å². The number of hydrogen-bond donors (Lipinski definition) is 0. The van der Waals surface area contributed by atoms with E-state index in [-0.39, 0.29) is 5.91 Å². The third kappa shape index (κ3) is 4.95. The lowest BCUT2D eigenvalue weighted by molar-refractivity contribution is -0.113. The van der Waals surface area contributed by atoms with Gasteiger partial charge in [-0.05, 0) is 47.1 Å². The summed E-state index contributed by atoms with van der Waals surface area (Å²) in [6.45, 7) is -2.70. The van der Waals surface area contributed by atoms with Gasteiger partial charge < -0.3 is 9.47 Å². The van der Waals surface area contributed by atoms with Crippen LogP contribution in [0.15, 0.2) is 119 Å². The van der Waals surface area contributed by atoms with E-state index >= 15 is 0 Å². The summed E-state index contributed by atoms with van der Waals surface area (Å²) in [5.74, 6) is 0.861. The van der Waals surface area contributed by atoms with E-state index in [0.717, 1.165) is 15.9 Å². The van der Waals surface area contributed by atoms with Crippen LogP contribution in [0.25, 0.3) is 6.08 Å². The first-order valence-electron chi connectivity index (χ1n) is 12.2. The van der Waals surface area contributed by atoms with Gasteiger partial charge in [-0.3, -0.25) is 4.79 Å². The second-order valence-corrected chi connectivity index (χ2v) is 12.9. The van der Waals surface area contributed by atoms with Crippen LogP contribution >= 0.6 is 18.6 Å². The summed E-state index contributed by atoms with van der Waals surface area (Å²) >= 11 is 1.22. The summed E-state index contributed by atoms with van der Waals surface area (Å²) < 4.78 is 10.9. The van der Waals surface area contributed by atoms with Crippen molar-refractivity contribution >= 4 is 56.9 Å². The fourth-order valence-corrected chi connectivity index (χ4v) is 10.0. The highest BCUT2D eigenvalue weighted by atomic mass is 32.2. The van der Waals surface area contributed by atoms with Crippen LogP contribution in [0.1, 0.15) is 5.56 Å². The number of benzene rings is 4. The Balaban J connectivity index is 1.77. The first-order valence-corrected chi connectivity index (χ1v) is 14.8. The minimum atomic E-state index is -2.70. The van der Waals surface area contributed by atoms with Crippen LogP contribution in [0, 0.1) is 11.3 Å². The molecule has 0 radical (unpaired) electrons. The molecule has 4 aromatic rings. The zero-order valence-electron chi connectivity index (χ0n) is 21.4. The average Bonchev–Trinajstić information content (AvgIpc) is 3.36. The normalized spacial score (nSPS) is 14.0. The van der Waals surface area contributed by atoms with Gasteiger partial charge in [0.25, 0.3) is 5.91 Å². The van der Waals surface area contributed by atoms with Gasteiger partial charge in [0.05, 0.1) is 24.4 Å². The molecule has 1 amide bonds. The number of aliphatic imine (C=N–C) groups is 1. The standard InChI is InChI=1S/C32H25N2O3PS/c1-36-24-18-19-28(37-2)23(20-24)21-30-31(35)34-32(39-30)29(22-33)38(25-12-6-3-7-13-25,26-14-8-4-9-15-26)27-16-10-5-11-17-27/h3-21H,1-2H3/b30-21-. The number of methoxy groups -OCH3 is 2. The zero-order chi connectivity index (χ0) is 27.2. The fourth-order valence-electron chi connectivity index (χ4n) is 4.66. The molecule has 39 heavy (non-hydrogen) atoms. The molecule has 0 saturated heterocycles. The number of ether oxygens (including phenoxy) is 2. The van der Waals surface area contributed by atoms with Crippen molar-refractivity contribution in [3.05, 3.63) is 120 Å². The van der Waals surface area contributed by atoms with Crippen LogP contribution in [-0.2, 0) is 4.79 Å². The van der Waals surface area contributed by atoms with Crippen LogP contribution in [0.3, 0.4) is 0 Å². The Labute approximate surface area is 232 Å². The smallest absolute Gasteiger partial charge is 0.284 e. The summed E-state index contributed by atoms with van der Waals surface area (Å²) in [5, 5.41) is 14.8. The van der Waals surface area contributed by atoms with E-state index in [1.165, 1.54) is 11.8 Å². The minimum Gasteiger partial charge on any atom is -0.497 e. The van der Waals surface area contributed by atoms with E-state index in [4.69, 9.17) is 9.47 Å². The highest BCUT2D eigenvalue weighted by molar-refractivity contribution is 8.22. The van der Waals surface area contributed by atoms with Gasteiger partial charge in [-0.1, -0.05) is 103 Å². The maximum atomic E-state index is 13.2. The molecular weight excluding hydrogens is 523 g/mol. The average molecular weight is 549 g/mol. The van der Waals surface area contributed by atoms with Crippen LogP contribution in [0.2, 0.25) is 0 Å².